The van der Waals surface area contributed by atoms with Gasteiger partial charge >= 0.3 is 0 Å². The van der Waals surface area contributed by atoms with Gasteiger partial charge in [0.25, 0.3) is 0 Å². The van der Waals surface area contributed by atoms with Crippen LogP contribution in [0.5, 0.6) is 0 Å². The highest BCUT2D eigenvalue weighted by Gasteiger charge is 2.17. The van der Waals surface area contributed by atoms with Gasteiger partial charge in [-0.2, -0.15) is 0 Å². The van der Waals surface area contributed by atoms with Crippen molar-refractivity contribution in [2.75, 3.05) is 13.1 Å². The first-order valence-corrected chi connectivity index (χ1v) is 7.04. The molecular weight excluding hydrogens is 236 g/mol. The maximum Gasteiger partial charge on any atom is 0.150 e. The van der Waals surface area contributed by atoms with Crippen LogP contribution >= 0.6 is 0 Å². The molecule has 100 valence electrons. The van der Waals surface area contributed by atoms with Gasteiger partial charge in [0.2, 0.25) is 0 Å². The van der Waals surface area contributed by atoms with Crippen LogP contribution in [0.15, 0.2) is 24.4 Å². The fraction of sp³-hybridized carbons (Fsp3) is 0.438. The van der Waals surface area contributed by atoms with Crippen LogP contribution in [0.3, 0.4) is 0 Å². The average Bonchev–Trinajstić information content (AvgIpc) is 2.85. The van der Waals surface area contributed by atoms with Crippen molar-refractivity contribution in [3.8, 4) is 0 Å². The van der Waals surface area contributed by atoms with E-state index >= 15 is 0 Å². The normalized spacial score (nSPS) is 17.9. The van der Waals surface area contributed by atoms with E-state index < -0.39 is 0 Å². The molecule has 1 saturated heterocycles. The summed E-state index contributed by atoms with van der Waals surface area (Å²) < 4.78 is 0. The maximum atomic E-state index is 11.2. The quantitative estimate of drug-likeness (QED) is 0.856. The molecule has 1 aromatic carbocycles. The molecule has 1 fully saturated rings. The molecule has 0 amide bonds. The highest BCUT2D eigenvalue weighted by atomic mass is 16.1. The Hall–Kier alpha value is -1.61. The van der Waals surface area contributed by atoms with Gasteiger partial charge < -0.3 is 4.98 Å². The molecule has 0 spiro atoms. The smallest absolute Gasteiger partial charge is 0.150 e. The number of aldehydes is 1. The average molecular weight is 256 g/mol. The third-order valence-corrected chi connectivity index (χ3v) is 4.22. The van der Waals surface area contributed by atoms with Gasteiger partial charge in [-0.1, -0.05) is 19.1 Å². The van der Waals surface area contributed by atoms with Crippen LogP contribution < -0.4 is 0 Å². The molecule has 3 rings (SSSR count). The van der Waals surface area contributed by atoms with Crippen LogP contribution in [0.25, 0.3) is 10.9 Å². The number of nitrogens with zero attached hydrogens (tertiary/aromatic N) is 1. The van der Waals surface area contributed by atoms with Crippen molar-refractivity contribution in [3.05, 3.63) is 35.5 Å². The summed E-state index contributed by atoms with van der Waals surface area (Å²) in [7, 11) is 0. The maximum absolute atomic E-state index is 11.2. The molecule has 0 atom stereocenters. The van der Waals surface area contributed by atoms with Gasteiger partial charge in [-0.3, -0.25) is 9.69 Å². The third kappa shape index (κ3) is 2.43. The van der Waals surface area contributed by atoms with E-state index in [1.807, 2.05) is 18.2 Å². The Labute approximate surface area is 113 Å². The van der Waals surface area contributed by atoms with Crippen molar-refractivity contribution in [3.63, 3.8) is 0 Å². The summed E-state index contributed by atoms with van der Waals surface area (Å²) in [6.45, 7) is 5.60. The fourth-order valence-corrected chi connectivity index (χ4v) is 2.97. The lowest BCUT2D eigenvalue weighted by Gasteiger charge is -2.30. The van der Waals surface area contributed by atoms with E-state index in [2.05, 4.69) is 23.0 Å². The molecule has 0 saturated carbocycles. The second-order valence-corrected chi connectivity index (χ2v) is 5.66. The van der Waals surface area contributed by atoms with E-state index in [1.54, 1.807) is 0 Å². The predicted octanol–water partition coefficient (Wildman–Crippen LogP) is 3.21. The summed E-state index contributed by atoms with van der Waals surface area (Å²) in [5.41, 5.74) is 3.09. The third-order valence-electron chi connectivity index (χ3n) is 4.22. The Morgan fingerprint density at radius 3 is 2.89 bits per heavy atom. The van der Waals surface area contributed by atoms with Crippen molar-refractivity contribution in [2.24, 2.45) is 5.92 Å². The SMILES string of the molecule is CC1CCN(Cc2c[nH]c3cccc(C=O)c23)CC1. The second kappa shape index (κ2) is 5.17. The first-order chi connectivity index (χ1) is 9.28. The lowest BCUT2D eigenvalue weighted by molar-refractivity contribution is 0.112. The topological polar surface area (TPSA) is 36.1 Å². The second-order valence-electron chi connectivity index (χ2n) is 5.66. The summed E-state index contributed by atoms with van der Waals surface area (Å²) in [4.78, 5) is 16.9. The van der Waals surface area contributed by atoms with Crippen LogP contribution in [0.4, 0.5) is 0 Å². The molecule has 1 aromatic heterocycles. The Bertz CT molecular complexity index is 579. The molecule has 1 aliphatic rings. The number of benzene rings is 1. The van der Waals surface area contributed by atoms with E-state index in [-0.39, 0.29) is 0 Å². The minimum absolute atomic E-state index is 0.791. The number of nitrogens with one attached hydrogen (secondary N) is 1. The molecule has 3 nitrogen and oxygen atoms in total. The Balaban J connectivity index is 1.87. The molecule has 0 radical (unpaired) electrons. The Morgan fingerprint density at radius 2 is 2.16 bits per heavy atom. The number of aromatic amines is 1. The van der Waals surface area contributed by atoms with Gasteiger partial charge in [-0.15, -0.1) is 0 Å². The number of fused-ring (bicyclic) bond motifs is 1. The number of aromatic nitrogens is 1. The van der Waals surface area contributed by atoms with Crippen molar-refractivity contribution < 1.29 is 4.79 Å². The zero-order chi connectivity index (χ0) is 13.2. The van der Waals surface area contributed by atoms with Crippen LogP contribution in [0, 0.1) is 5.92 Å². The number of hydrogen-bond acceptors (Lipinski definition) is 2. The van der Waals surface area contributed by atoms with E-state index in [0.717, 1.165) is 48.3 Å². The molecule has 2 aromatic rings. The molecule has 2 heterocycles. The lowest BCUT2D eigenvalue weighted by atomic mass is 9.98. The summed E-state index contributed by atoms with van der Waals surface area (Å²) in [5.74, 6) is 0.852. The van der Waals surface area contributed by atoms with Gasteiger partial charge in [-0.05, 0) is 43.5 Å². The number of hydrogen-bond donors (Lipinski definition) is 1. The van der Waals surface area contributed by atoms with E-state index in [9.17, 15) is 4.79 Å². The number of carbonyl (C=O) groups excluding carboxylic acids is 1. The van der Waals surface area contributed by atoms with Crippen molar-refractivity contribution >= 4 is 17.2 Å². The Morgan fingerprint density at radius 1 is 1.37 bits per heavy atom. The number of carbonyl (C=O) groups is 1. The standard InChI is InChI=1S/C16H20N2O/c1-12-5-7-18(8-6-12)10-14-9-17-15-4-2-3-13(11-19)16(14)15/h2-4,9,11-12,17H,5-8,10H2,1H3. The number of H-pyrrole nitrogens is 1. The van der Waals surface area contributed by atoms with E-state index in [0.29, 0.717) is 0 Å². The minimum Gasteiger partial charge on any atom is -0.361 e. The molecular formula is C16H20N2O. The van der Waals surface area contributed by atoms with Crippen molar-refractivity contribution in [1.29, 1.82) is 0 Å². The monoisotopic (exact) mass is 256 g/mol. The van der Waals surface area contributed by atoms with Crippen LogP contribution in [-0.2, 0) is 6.54 Å². The molecule has 1 aliphatic heterocycles. The highest BCUT2D eigenvalue weighted by Crippen LogP contribution is 2.25. The molecule has 0 unspecified atom stereocenters. The van der Waals surface area contributed by atoms with E-state index in [4.69, 9.17) is 0 Å². The number of likely N-dealkylation sites (tertiary alicyclic amines) is 1. The first kappa shape index (κ1) is 12.4. The molecule has 19 heavy (non-hydrogen) atoms. The van der Waals surface area contributed by atoms with Gasteiger partial charge in [0.1, 0.15) is 0 Å². The fourth-order valence-electron chi connectivity index (χ4n) is 2.97. The van der Waals surface area contributed by atoms with Crippen molar-refractivity contribution in [1.82, 2.24) is 9.88 Å². The summed E-state index contributed by atoms with van der Waals surface area (Å²) in [5, 5.41) is 1.09. The zero-order valence-corrected chi connectivity index (χ0v) is 11.4. The summed E-state index contributed by atoms with van der Waals surface area (Å²) in [6, 6.07) is 5.85. The number of piperidine rings is 1. The zero-order valence-electron chi connectivity index (χ0n) is 11.4. The van der Waals surface area contributed by atoms with Gasteiger partial charge in [-0.25, -0.2) is 0 Å². The van der Waals surface area contributed by atoms with Gasteiger partial charge in [0, 0.05) is 29.2 Å². The van der Waals surface area contributed by atoms with Crippen LogP contribution in [0.2, 0.25) is 0 Å². The van der Waals surface area contributed by atoms with Crippen LogP contribution in [-0.4, -0.2) is 29.3 Å². The van der Waals surface area contributed by atoms with Crippen molar-refractivity contribution in [2.45, 2.75) is 26.3 Å². The molecule has 0 bridgehead atoms. The number of rotatable bonds is 3. The summed E-state index contributed by atoms with van der Waals surface area (Å²) >= 11 is 0. The van der Waals surface area contributed by atoms with Gasteiger partial charge in [0.15, 0.2) is 6.29 Å². The van der Waals surface area contributed by atoms with Crippen LogP contribution in [0.1, 0.15) is 35.7 Å². The lowest BCUT2D eigenvalue weighted by Crippen LogP contribution is -2.32. The minimum atomic E-state index is 0.791. The highest BCUT2D eigenvalue weighted by molar-refractivity contribution is 5.98. The molecule has 0 aliphatic carbocycles. The molecule has 3 heteroatoms. The van der Waals surface area contributed by atoms with E-state index in [1.165, 1.54) is 18.4 Å². The Kier molecular flexibility index (Phi) is 3.38. The predicted molar refractivity (Wildman–Crippen MR) is 77.4 cm³/mol. The summed E-state index contributed by atoms with van der Waals surface area (Å²) in [6.07, 6.45) is 5.57. The largest absolute Gasteiger partial charge is 0.361 e. The first-order valence-electron chi connectivity index (χ1n) is 7.04. The van der Waals surface area contributed by atoms with Gasteiger partial charge in [0.05, 0.1) is 0 Å². The molecule has 1 N–H and O–H groups in total.